The summed E-state index contributed by atoms with van der Waals surface area (Å²) in [6.07, 6.45) is 0. The van der Waals surface area contributed by atoms with Crippen molar-refractivity contribution in [1.82, 2.24) is 0 Å². The van der Waals surface area contributed by atoms with E-state index in [0.29, 0.717) is 10.7 Å². The highest BCUT2D eigenvalue weighted by atomic mass is 79.9. The average molecular weight is 328 g/mol. The van der Waals surface area contributed by atoms with Gasteiger partial charge in [-0.3, -0.25) is 0 Å². The number of nitrogen functional groups attached to an aromatic ring is 1. The minimum atomic E-state index is 0.580. The van der Waals surface area contributed by atoms with Gasteiger partial charge in [0.15, 0.2) is 0 Å². The molecule has 0 saturated carbocycles. The molecule has 0 heterocycles. The zero-order chi connectivity index (χ0) is 13.1. The van der Waals surface area contributed by atoms with Crippen LogP contribution >= 0.6 is 27.5 Å². The summed E-state index contributed by atoms with van der Waals surface area (Å²) in [6.45, 7) is 0. The third-order valence-electron chi connectivity index (χ3n) is 2.42. The maximum absolute atomic E-state index is 6.10. The Balaban J connectivity index is 2.28. The molecule has 2 aromatic rings. The van der Waals surface area contributed by atoms with Gasteiger partial charge in [0.2, 0.25) is 0 Å². The molecule has 5 heteroatoms. The van der Waals surface area contributed by atoms with Crippen molar-refractivity contribution in [2.45, 2.75) is 0 Å². The quantitative estimate of drug-likeness (QED) is 0.819. The molecule has 3 N–H and O–H groups in total. The first kappa shape index (κ1) is 13.1. The molecule has 0 spiro atoms. The van der Waals surface area contributed by atoms with Crippen LogP contribution in [-0.2, 0) is 0 Å². The van der Waals surface area contributed by atoms with Crippen LogP contribution in [-0.4, -0.2) is 7.11 Å². The monoisotopic (exact) mass is 326 g/mol. The molecule has 2 rings (SSSR count). The van der Waals surface area contributed by atoms with E-state index in [1.807, 2.05) is 24.3 Å². The zero-order valence-corrected chi connectivity index (χ0v) is 12.0. The highest BCUT2D eigenvalue weighted by molar-refractivity contribution is 9.10. The molecule has 0 unspecified atom stereocenters. The van der Waals surface area contributed by atoms with Crippen molar-refractivity contribution < 1.29 is 4.74 Å². The molecule has 0 aromatic heterocycles. The number of rotatable bonds is 3. The Morgan fingerprint density at radius 2 is 2.00 bits per heavy atom. The van der Waals surface area contributed by atoms with Crippen LogP contribution in [0.2, 0.25) is 5.02 Å². The zero-order valence-electron chi connectivity index (χ0n) is 9.71. The first-order valence-corrected chi connectivity index (χ1v) is 6.43. The fourth-order valence-electron chi connectivity index (χ4n) is 1.53. The number of methoxy groups -OCH3 is 1. The van der Waals surface area contributed by atoms with Crippen LogP contribution in [0.3, 0.4) is 0 Å². The molecule has 2 aromatic carbocycles. The summed E-state index contributed by atoms with van der Waals surface area (Å²) in [6, 6.07) is 11.1. The first-order chi connectivity index (χ1) is 8.60. The standard InChI is InChI=1S/C13H12BrClN2O/c1-18-13-7-9(3-4-10(13)14)17-12-5-2-8(16)6-11(12)15/h2-7,17H,16H2,1H3. The number of ether oxygens (including phenoxy) is 1. The highest BCUT2D eigenvalue weighted by Crippen LogP contribution is 2.32. The Kier molecular flexibility index (Phi) is 3.99. The number of anilines is 3. The van der Waals surface area contributed by atoms with E-state index in [-0.39, 0.29) is 0 Å². The predicted octanol–water partition coefficient (Wildman–Crippen LogP) is 4.44. The Hall–Kier alpha value is -1.39. The number of nitrogens with two attached hydrogens (primary N) is 1. The van der Waals surface area contributed by atoms with Crippen molar-refractivity contribution in [2.24, 2.45) is 0 Å². The Labute approximate surface area is 119 Å². The minimum Gasteiger partial charge on any atom is -0.495 e. The maximum Gasteiger partial charge on any atom is 0.135 e. The van der Waals surface area contributed by atoms with E-state index < -0.39 is 0 Å². The number of hydrogen-bond donors (Lipinski definition) is 2. The van der Waals surface area contributed by atoms with Gasteiger partial charge in [-0.2, -0.15) is 0 Å². The van der Waals surface area contributed by atoms with Gasteiger partial charge in [0.05, 0.1) is 22.3 Å². The summed E-state index contributed by atoms with van der Waals surface area (Å²) >= 11 is 9.51. The molecular weight excluding hydrogens is 316 g/mol. The fourth-order valence-corrected chi connectivity index (χ4v) is 2.17. The van der Waals surface area contributed by atoms with Gasteiger partial charge in [0.1, 0.15) is 5.75 Å². The van der Waals surface area contributed by atoms with Crippen LogP contribution in [0.5, 0.6) is 5.75 Å². The molecule has 0 saturated heterocycles. The van der Waals surface area contributed by atoms with Crippen molar-refractivity contribution in [3.8, 4) is 5.75 Å². The van der Waals surface area contributed by atoms with Crippen molar-refractivity contribution in [3.63, 3.8) is 0 Å². The van der Waals surface area contributed by atoms with Crippen LogP contribution in [0.4, 0.5) is 17.1 Å². The third-order valence-corrected chi connectivity index (χ3v) is 3.39. The number of benzene rings is 2. The molecular formula is C13H12BrClN2O. The lowest BCUT2D eigenvalue weighted by Crippen LogP contribution is -1.94. The van der Waals surface area contributed by atoms with Crippen LogP contribution in [0.15, 0.2) is 40.9 Å². The van der Waals surface area contributed by atoms with Gasteiger partial charge in [-0.1, -0.05) is 11.6 Å². The van der Waals surface area contributed by atoms with Gasteiger partial charge in [-0.05, 0) is 46.3 Å². The van der Waals surface area contributed by atoms with E-state index in [1.165, 1.54) is 0 Å². The molecule has 94 valence electrons. The Bertz CT molecular complexity index is 575. The number of hydrogen-bond acceptors (Lipinski definition) is 3. The van der Waals surface area contributed by atoms with Crippen molar-refractivity contribution in [3.05, 3.63) is 45.9 Å². The highest BCUT2D eigenvalue weighted by Gasteiger charge is 2.04. The molecule has 0 aliphatic heterocycles. The van der Waals surface area contributed by atoms with Gasteiger partial charge < -0.3 is 15.8 Å². The van der Waals surface area contributed by atoms with Crippen LogP contribution in [0.25, 0.3) is 0 Å². The lowest BCUT2D eigenvalue weighted by molar-refractivity contribution is 0.412. The maximum atomic E-state index is 6.10. The molecule has 0 bridgehead atoms. The van der Waals surface area contributed by atoms with E-state index in [0.717, 1.165) is 21.6 Å². The molecule has 0 fully saturated rings. The molecule has 0 aliphatic carbocycles. The molecule has 0 radical (unpaired) electrons. The first-order valence-electron chi connectivity index (χ1n) is 5.26. The minimum absolute atomic E-state index is 0.580. The lowest BCUT2D eigenvalue weighted by atomic mass is 10.2. The smallest absolute Gasteiger partial charge is 0.135 e. The van der Waals surface area contributed by atoms with Crippen molar-refractivity contribution >= 4 is 44.6 Å². The summed E-state index contributed by atoms with van der Waals surface area (Å²) in [5.41, 5.74) is 7.98. The predicted molar refractivity (Wildman–Crippen MR) is 79.8 cm³/mol. The van der Waals surface area contributed by atoms with E-state index in [1.54, 1.807) is 19.2 Å². The molecule has 0 amide bonds. The largest absolute Gasteiger partial charge is 0.495 e. The Morgan fingerprint density at radius 1 is 1.22 bits per heavy atom. The van der Waals surface area contributed by atoms with E-state index in [2.05, 4.69) is 21.2 Å². The molecule has 0 atom stereocenters. The molecule has 0 aliphatic rings. The van der Waals surface area contributed by atoms with E-state index >= 15 is 0 Å². The summed E-state index contributed by atoms with van der Waals surface area (Å²) in [4.78, 5) is 0. The topological polar surface area (TPSA) is 47.3 Å². The lowest BCUT2D eigenvalue weighted by Gasteiger charge is -2.11. The number of halogens is 2. The van der Waals surface area contributed by atoms with Crippen LogP contribution in [0, 0.1) is 0 Å². The fraction of sp³-hybridized carbons (Fsp3) is 0.0769. The van der Waals surface area contributed by atoms with Gasteiger partial charge >= 0.3 is 0 Å². The number of nitrogens with one attached hydrogen (secondary N) is 1. The van der Waals surface area contributed by atoms with Gasteiger partial charge in [0, 0.05) is 17.4 Å². The SMILES string of the molecule is COc1cc(Nc2ccc(N)cc2Cl)ccc1Br. The van der Waals surface area contributed by atoms with Crippen LogP contribution in [0.1, 0.15) is 0 Å². The second-order valence-electron chi connectivity index (χ2n) is 3.71. The summed E-state index contributed by atoms with van der Waals surface area (Å²) in [5.74, 6) is 0.756. The van der Waals surface area contributed by atoms with E-state index in [4.69, 9.17) is 22.1 Å². The third kappa shape index (κ3) is 2.89. The molecule has 3 nitrogen and oxygen atoms in total. The molecule has 18 heavy (non-hydrogen) atoms. The van der Waals surface area contributed by atoms with Crippen molar-refractivity contribution in [1.29, 1.82) is 0 Å². The van der Waals surface area contributed by atoms with Gasteiger partial charge in [0.25, 0.3) is 0 Å². The van der Waals surface area contributed by atoms with Crippen molar-refractivity contribution in [2.75, 3.05) is 18.2 Å². The Morgan fingerprint density at radius 3 is 2.67 bits per heavy atom. The second-order valence-corrected chi connectivity index (χ2v) is 4.98. The van der Waals surface area contributed by atoms with Crippen LogP contribution < -0.4 is 15.8 Å². The summed E-state index contributed by atoms with van der Waals surface area (Å²) in [7, 11) is 1.63. The normalized spacial score (nSPS) is 10.2. The summed E-state index contributed by atoms with van der Waals surface area (Å²) in [5, 5.41) is 3.79. The second kappa shape index (κ2) is 5.50. The van der Waals surface area contributed by atoms with E-state index in [9.17, 15) is 0 Å². The summed E-state index contributed by atoms with van der Waals surface area (Å²) < 4.78 is 6.13. The van der Waals surface area contributed by atoms with Gasteiger partial charge in [-0.25, -0.2) is 0 Å². The van der Waals surface area contributed by atoms with Gasteiger partial charge in [-0.15, -0.1) is 0 Å². The average Bonchev–Trinajstić information content (AvgIpc) is 2.35.